The Hall–Kier alpha value is -3.91. The monoisotopic (exact) mass is 500 g/mol. The molecule has 36 heavy (non-hydrogen) atoms. The molecule has 8 heteroatoms. The molecule has 5 rings (SSSR count). The fraction of sp³-hybridized carbons (Fsp3) is 0.179. The molecule has 2 heterocycles. The van der Waals surface area contributed by atoms with Crippen LogP contribution in [0.2, 0.25) is 0 Å². The van der Waals surface area contributed by atoms with Crippen molar-refractivity contribution in [3.8, 4) is 34.1 Å². The maximum Gasteiger partial charge on any atom is 0.191 e. The average Bonchev–Trinajstić information content (AvgIpc) is 3.28. The normalized spacial score (nSPS) is 11.1. The lowest BCUT2D eigenvalue weighted by Gasteiger charge is -2.12. The van der Waals surface area contributed by atoms with Gasteiger partial charge < -0.3 is 14.0 Å². The van der Waals surface area contributed by atoms with E-state index in [9.17, 15) is 4.39 Å². The van der Waals surface area contributed by atoms with Crippen molar-refractivity contribution < 1.29 is 13.9 Å². The summed E-state index contributed by atoms with van der Waals surface area (Å²) >= 11 is 1.56. The third-order valence-corrected chi connectivity index (χ3v) is 6.93. The lowest BCUT2D eigenvalue weighted by molar-refractivity contribution is 0.340. The number of ether oxygens (including phenoxy) is 2. The summed E-state index contributed by atoms with van der Waals surface area (Å²) in [7, 11) is 3.60. The van der Waals surface area contributed by atoms with Gasteiger partial charge in [-0.3, -0.25) is 0 Å². The van der Waals surface area contributed by atoms with Gasteiger partial charge in [0.05, 0.1) is 24.9 Å². The molecule has 0 saturated carbocycles. The molecule has 0 bridgehead atoms. The molecule has 0 amide bonds. The average molecular weight is 501 g/mol. The van der Waals surface area contributed by atoms with Crippen LogP contribution in [0.5, 0.6) is 11.5 Å². The molecule has 6 nitrogen and oxygen atoms in total. The predicted molar refractivity (Wildman–Crippen MR) is 141 cm³/mol. The van der Waals surface area contributed by atoms with Crippen molar-refractivity contribution in [2.24, 2.45) is 7.05 Å². The number of fused-ring (bicyclic) bond motifs is 1. The van der Waals surface area contributed by atoms with E-state index in [0.717, 1.165) is 55.8 Å². The highest BCUT2D eigenvalue weighted by molar-refractivity contribution is 7.98. The van der Waals surface area contributed by atoms with E-state index in [4.69, 9.17) is 14.5 Å². The quantitative estimate of drug-likeness (QED) is 0.226. The Balaban J connectivity index is 1.57. The van der Waals surface area contributed by atoms with Gasteiger partial charge in [-0.05, 0) is 73.2 Å². The van der Waals surface area contributed by atoms with Crippen molar-refractivity contribution in [2.45, 2.75) is 17.8 Å². The van der Waals surface area contributed by atoms with Gasteiger partial charge in [0.25, 0.3) is 0 Å². The van der Waals surface area contributed by atoms with Gasteiger partial charge in [0.1, 0.15) is 17.3 Å². The minimum atomic E-state index is -0.242. The number of rotatable bonds is 8. The first-order valence-electron chi connectivity index (χ1n) is 11.5. The van der Waals surface area contributed by atoms with Crippen molar-refractivity contribution in [1.29, 1.82) is 0 Å². The third kappa shape index (κ3) is 4.90. The molecule has 0 N–H and O–H groups in total. The van der Waals surface area contributed by atoms with Gasteiger partial charge in [0.15, 0.2) is 11.0 Å². The Morgan fingerprint density at radius 3 is 2.39 bits per heavy atom. The molecule has 0 aliphatic heterocycles. The van der Waals surface area contributed by atoms with Crippen LogP contribution in [-0.2, 0) is 12.8 Å². The molecule has 0 spiro atoms. The fourth-order valence-corrected chi connectivity index (χ4v) is 4.83. The highest BCUT2D eigenvalue weighted by atomic mass is 32.2. The number of benzene rings is 3. The van der Waals surface area contributed by atoms with Gasteiger partial charge in [0, 0.05) is 29.3 Å². The molecule has 0 fully saturated rings. The highest BCUT2D eigenvalue weighted by Crippen LogP contribution is 2.35. The summed E-state index contributed by atoms with van der Waals surface area (Å²) in [6.45, 7) is 2.54. The summed E-state index contributed by atoms with van der Waals surface area (Å²) < 4.78 is 26.3. The van der Waals surface area contributed by atoms with Crippen molar-refractivity contribution in [3.63, 3.8) is 0 Å². The van der Waals surface area contributed by atoms with Crippen LogP contribution in [0.25, 0.3) is 33.5 Å². The van der Waals surface area contributed by atoms with Gasteiger partial charge in [-0.25, -0.2) is 9.37 Å². The minimum Gasteiger partial charge on any atom is -0.497 e. The fourth-order valence-electron chi connectivity index (χ4n) is 3.96. The summed E-state index contributed by atoms with van der Waals surface area (Å²) in [5, 5.41) is 10.7. The lowest BCUT2D eigenvalue weighted by atomic mass is 10.0. The molecule has 3 aromatic carbocycles. The second-order valence-electron chi connectivity index (χ2n) is 8.18. The van der Waals surface area contributed by atoms with Crippen LogP contribution in [0.4, 0.5) is 4.39 Å². The van der Waals surface area contributed by atoms with E-state index in [0.29, 0.717) is 12.4 Å². The molecule has 0 saturated heterocycles. The van der Waals surface area contributed by atoms with Crippen LogP contribution >= 0.6 is 11.8 Å². The Bertz CT molecular complexity index is 1500. The molecular weight excluding hydrogens is 475 g/mol. The van der Waals surface area contributed by atoms with Crippen molar-refractivity contribution in [3.05, 3.63) is 84.2 Å². The second-order valence-corrected chi connectivity index (χ2v) is 9.12. The summed E-state index contributed by atoms with van der Waals surface area (Å²) in [5.41, 5.74) is 4.57. The van der Waals surface area contributed by atoms with Crippen LogP contribution < -0.4 is 9.47 Å². The van der Waals surface area contributed by atoms with Crippen LogP contribution in [0.3, 0.4) is 0 Å². The molecule has 0 aliphatic carbocycles. The zero-order chi connectivity index (χ0) is 25.1. The van der Waals surface area contributed by atoms with Crippen LogP contribution in [0.15, 0.2) is 78.0 Å². The topological polar surface area (TPSA) is 62.1 Å². The summed E-state index contributed by atoms with van der Waals surface area (Å²) in [6, 6.07) is 22.3. The van der Waals surface area contributed by atoms with E-state index in [1.54, 1.807) is 31.0 Å². The molecule has 0 atom stereocenters. The number of methoxy groups -OCH3 is 1. The van der Waals surface area contributed by atoms with E-state index in [1.807, 2.05) is 67.1 Å². The zero-order valence-electron chi connectivity index (χ0n) is 20.2. The molecule has 182 valence electrons. The number of pyridine rings is 1. The van der Waals surface area contributed by atoms with Crippen molar-refractivity contribution in [2.75, 3.05) is 13.7 Å². The first-order chi connectivity index (χ1) is 17.6. The van der Waals surface area contributed by atoms with Crippen LogP contribution in [0.1, 0.15) is 12.5 Å². The van der Waals surface area contributed by atoms with E-state index in [1.165, 1.54) is 12.1 Å². The first-order valence-corrected chi connectivity index (χ1v) is 12.5. The molecule has 0 unspecified atom stereocenters. The predicted octanol–water partition coefficient (Wildman–Crippen LogP) is 6.54. The van der Waals surface area contributed by atoms with Crippen molar-refractivity contribution >= 4 is 22.7 Å². The first kappa shape index (κ1) is 23.8. The molecule has 2 aromatic heterocycles. The summed E-state index contributed by atoms with van der Waals surface area (Å²) in [4.78, 5) is 4.92. The number of hydrogen-bond donors (Lipinski definition) is 0. The van der Waals surface area contributed by atoms with Gasteiger partial charge in [-0.15, -0.1) is 10.2 Å². The van der Waals surface area contributed by atoms with Gasteiger partial charge in [-0.2, -0.15) is 0 Å². The molecule has 0 aliphatic rings. The largest absolute Gasteiger partial charge is 0.497 e. The summed E-state index contributed by atoms with van der Waals surface area (Å²) in [5.74, 6) is 2.71. The van der Waals surface area contributed by atoms with E-state index >= 15 is 0 Å². The maximum atomic E-state index is 13.2. The zero-order valence-corrected chi connectivity index (χ0v) is 21.1. The number of nitrogens with zero attached hydrogens (tertiary/aromatic N) is 4. The number of hydrogen-bond acceptors (Lipinski definition) is 6. The third-order valence-electron chi connectivity index (χ3n) is 5.83. The second kappa shape index (κ2) is 10.4. The van der Waals surface area contributed by atoms with Crippen LogP contribution in [0, 0.1) is 5.82 Å². The Morgan fingerprint density at radius 1 is 0.917 bits per heavy atom. The Labute approximate surface area is 213 Å². The Morgan fingerprint density at radius 2 is 1.67 bits per heavy atom. The van der Waals surface area contributed by atoms with E-state index in [-0.39, 0.29) is 5.82 Å². The van der Waals surface area contributed by atoms with Crippen molar-refractivity contribution in [1.82, 2.24) is 19.7 Å². The standard InChI is InChI=1S/C28H25FN4O2S/c1-4-35-22-13-14-25-23(15-22)24(16-26(30-25)19-7-11-21(34-3)12-8-19)27-31-32-28(33(27)2)36-17-18-5-9-20(29)10-6-18/h5-16H,4,17H2,1-3H3. The SMILES string of the molecule is CCOc1ccc2nc(-c3ccc(OC)cc3)cc(-c3nnc(SCc4ccc(F)cc4)n3C)c2c1. The maximum absolute atomic E-state index is 13.2. The van der Waals surface area contributed by atoms with Crippen LogP contribution in [-0.4, -0.2) is 33.5 Å². The highest BCUT2D eigenvalue weighted by Gasteiger charge is 2.17. The van der Waals surface area contributed by atoms with E-state index < -0.39 is 0 Å². The Kier molecular flexibility index (Phi) is 6.86. The van der Waals surface area contributed by atoms with Gasteiger partial charge >= 0.3 is 0 Å². The molecule has 0 radical (unpaired) electrons. The van der Waals surface area contributed by atoms with Gasteiger partial charge in [0.2, 0.25) is 0 Å². The summed E-state index contributed by atoms with van der Waals surface area (Å²) in [6.07, 6.45) is 0. The number of thioether (sulfide) groups is 1. The molecular formula is C28H25FN4O2S. The van der Waals surface area contributed by atoms with Gasteiger partial charge in [-0.1, -0.05) is 23.9 Å². The smallest absolute Gasteiger partial charge is 0.191 e. The minimum absolute atomic E-state index is 0.242. The lowest BCUT2D eigenvalue weighted by Crippen LogP contribution is -1.98. The number of halogens is 1. The van der Waals surface area contributed by atoms with E-state index in [2.05, 4.69) is 10.2 Å². The molecule has 5 aromatic rings. The number of aromatic nitrogens is 4.